The van der Waals surface area contributed by atoms with Gasteiger partial charge in [0.25, 0.3) is 0 Å². The van der Waals surface area contributed by atoms with E-state index >= 15 is 0 Å². The first-order chi connectivity index (χ1) is 6.95. The monoisotopic (exact) mass is 225 g/mol. The Balaban J connectivity index is 1.83. The summed E-state index contributed by atoms with van der Waals surface area (Å²) in [6.45, 7) is 4.89. The molecule has 3 fully saturated rings. The molecule has 15 heavy (non-hydrogen) atoms. The Hall–Kier alpha value is 0.335. The lowest BCUT2D eigenvalue weighted by atomic mass is 9.80. The number of hydrogen-bond donors (Lipinski definition) is 1. The number of thiol groups is 1. The average molecular weight is 225 g/mol. The van der Waals surface area contributed by atoms with E-state index in [-0.39, 0.29) is 5.56 Å². The van der Waals surface area contributed by atoms with E-state index in [9.17, 15) is 0 Å². The summed E-state index contributed by atoms with van der Waals surface area (Å²) < 4.78 is 5.95. The van der Waals surface area contributed by atoms with Crippen molar-refractivity contribution >= 4 is 19.9 Å². The highest BCUT2D eigenvalue weighted by Crippen LogP contribution is 2.75. The molecule has 0 amide bonds. The summed E-state index contributed by atoms with van der Waals surface area (Å²) in [6, 6.07) is 0.606. The Labute approximate surface area is 98.4 Å². The number of fused-ring (bicyclic) bond motifs is 2. The van der Waals surface area contributed by atoms with E-state index in [2.05, 4.69) is 38.4 Å². The molecule has 2 saturated heterocycles. The summed E-state index contributed by atoms with van der Waals surface area (Å²) in [5, 5.41) is 1.15. The van der Waals surface area contributed by atoms with Crippen molar-refractivity contribution in [1.82, 2.24) is 4.90 Å². The smallest absolute Gasteiger partial charge is 0.156 e. The van der Waals surface area contributed by atoms with Crippen molar-refractivity contribution < 1.29 is 4.74 Å². The molecule has 5 atom stereocenters. The maximum atomic E-state index is 5.95. The predicted molar refractivity (Wildman–Crippen MR) is 66.9 cm³/mol. The van der Waals surface area contributed by atoms with Crippen molar-refractivity contribution in [2.75, 3.05) is 7.05 Å². The highest BCUT2D eigenvalue weighted by Gasteiger charge is 2.64. The molecular weight excluding hydrogens is 205 g/mol. The zero-order valence-corrected chi connectivity index (χ0v) is 10.8. The topological polar surface area (TPSA) is 12.5 Å². The van der Waals surface area contributed by atoms with Crippen LogP contribution in [0.25, 0.3) is 0 Å². The van der Waals surface area contributed by atoms with Crippen LogP contribution < -0.4 is 0 Å². The molecule has 2 nitrogen and oxygen atoms in total. The molecule has 0 aromatic rings. The van der Waals surface area contributed by atoms with Crippen molar-refractivity contribution in [1.29, 1.82) is 0 Å². The van der Waals surface area contributed by atoms with E-state index in [0.29, 0.717) is 22.8 Å². The second-order valence-corrected chi connectivity index (χ2v) is 6.72. The van der Waals surface area contributed by atoms with E-state index in [1.54, 1.807) is 0 Å². The van der Waals surface area contributed by atoms with Crippen LogP contribution in [0, 0.1) is 0 Å². The lowest BCUT2D eigenvalue weighted by Crippen LogP contribution is -2.33. The molecule has 3 rings (SSSR count). The van der Waals surface area contributed by atoms with Crippen molar-refractivity contribution in [3.63, 3.8) is 0 Å². The van der Waals surface area contributed by atoms with Gasteiger partial charge >= 0.3 is 0 Å². The van der Waals surface area contributed by atoms with Crippen LogP contribution in [0.4, 0.5) is 0 Å². The summed E-state index contributed by atoms with van der Waals surface area (Å²) in [5.41, 5.74) is 0.0201. The highest BCUT2D eigenvalue weighted by molar-refractivity contribution is 7.80. The molecule has 0 radical (unpaired) electrons. The lowest BCUT2D eigenvalue weighted by molar-refractivity contribution is 0.0613. The largest absolute Gasteiger partial charge is 0.349 e. The highest BCUT2D eigenvalue weighted by atomic mass is 32.1. The van der Waals surface area contributed by atoms with E-state index in [4.69, 9.17) is 4.74 Å². The Bertz CT molecular complexity index is 302. The Kier molecular flexibility index (Phi) is 2.07. The van der Waals surface area contributed by atoms with Gasteiger partial charge in [0.05, 0.1) is 6.10 Å². The van der Waals surface area contributed by atoms with Gasteiger partial charge in [0.1, 0.15) is 7.28 Å². The van der Waals surface area contributed by atoms with E-state index in [1.165, 1.54) is 26.5 Å². The fourth-order valence-corrected chi connectivity index (χ4v) is 4.11. The number of likely N-dealkylation sites (N-methyl/N-ethyl adjacent to an activating group) is 1. The molecule has 0 spiro atoms. The minimum Gasteiger partial charge on any atom is -0.349 e. The maximum Gasteiger partial charge on any atom is 0.156 e. The molecule has 5 unspecified atom stereocenters. The van der Waals surface area contributed by atoms with Gasteiger partial charge in [0, 0.05) is 6.04 Å². The third kappa shape index (κ3) is 1.34. The first kappa shape index (κ1) is 10.5. The molecular formula is C11H20BNOS. The zero-order valence-electron chi connectivity index (χ0n) is 9.86. The maximum absolute atomic E-state index is 5.95. The second-order valence-electron chi connectivity index (χ2n) is 6.27. The normalized spacial score (nSPS) is 59.1. The lowest BCUT2D eigenvalue weighted by Gasteiger charge is -2.22. The number of ether oxygens (including phenoxy) is 1. The van der Waals surface area contributed by atoms with Gasteiger partial charge in [0.2, 0.25) is 0 Å². The fraction of sp³-hybridized carbons (Fsp3) is 1.00. The Morgan fingerprint density at radius 2 is 2.13 bits per heavy atom. The summed E-state index contributed by atoms with van der Waals surface area (Å²) in [5.74, 6) is 0. The number of rotatable bonds is 0. The van der Waals surface area contributed by atoms with Crippen LogP contribution in [0.15, 0.2) is 0 Å². The SMILES string of the molecule is CN1C(S)OC2CC3(C)BC3(C)CCC21. The predicted octanol–water partition coefficient (Wildman–Crippen LogP) is 1.89. The van der Waals surface area contributed by atoms with Crippen molar-refractivity contribution in [2.45, 2.75) is 61.4 Å². The van der Waals surface area contributed by atoms with Crippen molar-refractivity contribution in [2.24, 2.45) is 0 Å². The van der Waals surface area contributed by atoms with Crippen LogP contribution >= 0.6 is 12.6 Å². The third-order valence-corrected chi connectivity index (χ3v) is 5.84. The Morgan fingerprint density at radius 3 is 2.87 bits per heavy atom. The molecule has 2 heterocycles. The first-order valence-electron chi connectivity index (χ1n) is 6.01. The Morgan fingerprint density at radius 1 is 1.40 bits per heavy atom. The standard InChI is InChI=1S/C11H20BNOS/c1-10-5-4-7-8(6-11(10,2)12-10)14-9(15)13(7)3/h7-9,12,15H,4-6H2,1-3H3. The van der Waals surface area contributed by atoms with Gasteiger partial charge in [0.15, 0.2) is 5.56 Å². The summed E-state index contributed by atoms with van der Waals surface area (Å²) in [6.07, 6.45) is 4.30. The van der Waals surface area contributed by atoms with E-state index < -0.39 is 0 Å². The van der Waals surface area contributed by atoms with Crippen LogP contribution in [-0.2, 0) is 4.74 Å². The minimum absolute atomic E-state index is 0.0201. The van der Waals surface area contributed by atoms with E-state index in [0.717, 1.165) is 0 Å². The van der Waals surface area contributed by atoms with Crippen LogP contribution in [0.1, 0.15) is 33.1 Å². The van der Waals surface area contributed by atoms with Crippen molar-refractivity contribution in [3.05, 3.63) is 0 Å². The molecule has 2 aliphatic heterocycles. The third-order valence-electron chi connectivity index (χ3n) is 5.35. The van der Waals surface area contributed by atoms with Gasteiger partial charge < -0.3 is 4.74 Å². The number of nitrogens with zero attached hydrogens (tertiary/aromatic N) is 1. The first-order valence-corrected chi connectivity index (χ1v) is 6.52. The molecule has 0 N–H and O–H groups in total. The molecule has 3 aliphatic rings. The number of hydrogen-bond acceptors (Lipinski definition) is 3. The average Bonchev–Trinajstić information content (AvgIpc) is 2.58. The second kappa shape index (κ2) is 2.96. The van der Waals surface area contributed by atoms with E-state index in [1.807, 2.05) is 0 Å². The van der Waals surface area contributed by atoms with Gasteiger partial charge in [-0.15, -0.1) is 12.6 Å². The summed E-state index contributed by atoms with van der Waals surface area (Å²) in [7, 11) is 3.54. The molecule has 84 valence electrons. The molecule has 0 aromatic carbocycles. The summed E-state index contributed by atoms with van der Waals surface area (Å²) in [4.78, 5) is 2.30. The molecule has 4 heteroatoms. The summed E-state index contributed by atoms with van der Waals surface area (Å²) >= 11 is 4.47. The zero-order chi connectivity index (χ0) is 10.8. The quantitative estimate of drug-likeness (QED) is 0.499. The van der Waals surface area contributed by atoms with Crippen LogP contribution in [-0.4, -0.2) is 36.9 Å². The van der Waals surface area contributed by atoms with Gasteiger partial charge in [-0.25, -0.2) is 0 Å². The van der Waals surface area contributed by atoms with Crippen LogP contribution in [0.3, 0.4) is 0 Å². The van der Waals surface area contributed by atoms with Gasteiger partial charge in [-0.2, -0.15) is 0 Å². The van der Waals surface area contributed by atoms with Crippen LogP contribution in [0.5, 0.6) is 0 Å². The van der Waals surface area contributed by atoms with Crippen LogP contribution in [0.2, 0.25) is 10.6 Å². The van der Waals surface area contributed by atoms with Gasteiger partial charge in [-0.1, -0.05) is 30.9 Å². The molecule has 0 aromatic heterocycles. The fourth-order valence-electron chi connectivity index (χ4n) is 3.78. The minimum atomic E-state index is 0.0201. The molecule has 0 bridgehead atoms. The van der Waals surface area contributed by atoms with Gasteiger partial charge in [-0.05, 0) is 19.9 Å². The molecule has 1 saturated carbocycles. The van der Waals surface area contributed by atoms with Crippen molar-refractivity contribution in [3.8, 4) is 0 Å². The van der Waals surface area contributed by atoms with Gasteiger partial charge in [-0.3, -0.25) is 4.90 Å². The molecule has 1 aliphatic carbocycles.